The van der Waals surface area contributed by atoms with E-state index < -0.39 is 11.5 Å². The van der Waals surface area contributed by atoms with Gasteiger partial charge in [-0.25, -0.2) is 0 Å². The van der Waals surface area contributed by atoms with Gasteiger partial charge in [0.2, 0.25) is 5.91 Å². The Morgan fingerprint density at radius 3 is 2.55 bits per heavy atom. The predicted octanol–water partition coefficient (Wildman–Crippen LogP) is 3.50. The molecule has 1 heterocycles. The largest absolute Gasteiger partial charge is 0.388 e. The van der Waals surface area contributed by atoms with Crippen LogP contribution in [0.3, 0.4) is 0 Å². The van der Waals surface area contributed by atoms with Gasteiger partial charge in [0.05, 0.1) is 17.2 Å². The first kappa shape index (κ1) is 14.8. The van der Waals surface area contributed by atoms with Crippen molar-refractivity contribution in [2.45, 2.75) is 38.7 Å². The zero-order valence-electron chi connectivity index (χ0n) is 13.2. The van der Waals surface area contributed by atoms with Gasteiger partial charge in [-0.1, -0.05) is 48.0 Å². The molecule has 1 aliphatic heterocycles. The Bertz CT molecular complexity index is 720. The summed E-state index contributed by atoms with van der Waals surface area (Å²) in [4.78, 5) is 12.2. The van der Waals surface area contributed by atoms with E-state index in [1.165, 1.54) is 0 Å². The molecule has 0 saturated heterocycles. The van der Waals surface area contributed by atoms with E-state index in [1.807, 2.05) is 63.2 Å². The van der Waals surface area contributed by atoms with Gasteiger partial charge >= 0.3 is 0 Å². The molecule has 1 atom stereocenters. The maximum Gasteiger partial charge on any atom is 0.234 e. The van der Waals surface area contributed by atoms with Crippen LogP contribution in [-0.2, 0) is 16.6 Å². The molecular formula is C19H21NO2. The smallest absolute Gasteiger partial charge is 0.234 e. The van der Waals surface area contributed by atoms with Crippen LogP contribution in [0.5, 0.6) is 0 Å². The van der Waals surface area contributed by atoms with Crippen molar-refractivity contribution in [3.05, 3.63) is 64.7 Å². The molecule has 1 amide bonds. The van der Waals surface area contributed by atoms with Crippen LogP contribution in [0.1, 0.15) is 42.2 Å². The normalized spacial score (nSPS) is 17.0. The predicted molar refractivity (Wildman–Crippen MR) is 87.9 cm³/mol. The van der Waals surface area contributed by atoms with Crippen molar-refractivity contribution in [3.8, 4) is 0 Å². The molecule has 2 N–H and O–H groups in total. The number of carbonyl (C=O) groups excluding carboxylic acids is 1. The Labute approximate surface area is 131 Å². The fraction of sp³-hybridized carbons (Fsp3) is 0.316. The third-order valence-electron chi connectivity index (χ3n) is 4.42. The lowest BCUT2D eigenvalue weighted by Gasteiger charge is -2.19. The van der Waals surface area contributed by atoms with Gasteiger partial charge in [0, 0.05) is 12.0 Å². The minimum absolute atomic E-state index is 0.0127. The Hall–Kier alpha value is -2.13. The van der Waals surface area contributed by atoms with Gasteiger partial charge in [-0.05, 0) is 31.9 Å². The van der Waals surface area contributed by atoms with Gasteiger partial charge in [-0.15, -0.1) is 0 Å². The molecule has 1 aliphatic rings. The zero-order valence-corrected chi connectivity index (χ0v) is 13.2. The number of amides is 1. The van der Waals surface area contributed by atoms with Gasteiger partial charge < -0.3 is 10.4 Å². The molecule has 3 rings (SSSR count). The van der Waals surface area contributed by atoms with E-state index in [9.17, 15) is 9.90 Å². The Balaban J connectivity index is 2.00. The standard InChI is InChI=1S/C19H21NO2/c1-12-9-14(16(21)11-13-7-5-4-6-8-13)17-15(10-12)19(2,3)18(22)20-17/h4-10,16,21H,11H2,1-3H3,(H,20,22). The second-order valence-electron chi connectivity index (χ2n) is 6.56. The van der Waals surface area contributed by atoms with Crippen molar-refractivity contribution in [2.24, 2.45) is 0 Å². The third-order valence-corrected chi connectivity index (χ3v) is 4.42. The highest BCUT2D eigenvalue weighted by Gasteiger charge is 2.40. The number of carbonyl (C=O) groups is 1. The highest BCUT2D eigenvalue weighted by atomic mass is 16.3. The first-order chi connectivity index (χ1) is 10.4. The first-order valence-electron chi connectivity index (χ1n) is 7.58. The van der Waals surface area contributed by atoms with Crippen LogP contribution in [0.2, 0.25) is 0 Å². The van der Waals surface area contributed by atoms with Crippen LogP contribution in [0.25, 0.3) is 0 Å². The van der Waals surface area contributed by atoms with Gasteiger partial charge in [-0.3, -0.25) is 4.79 Å². The minimum atomic E-state index is -0.634. The summed E-state index contributed by atoms with van der Waals surface area (Å²) in [5.74, 6) is -0.0127. The zero-order chi connectivity index (χ0) is 15.9. The molecule has 3 nitrogen and oxygen atoms in total. The van der Waals surface area contributed by atoms with Crippen molar-refractivity contribution in [1.82, 2.24) is 0 Å². The summed E-state index contributed by atoms with van der Waals surface area (Å²) in [7, 11) is 0. The van der Waals surface area contributed by atoms with E-state index in [-0.39, 0.29) is 5.91 Å². The fourth-order valence-electron chi connectivity index (χ4n) is 3.05. The summed E-state index contributed by atoms with van der Waals surface area (Å²) in [5.41, 5.74) is 4.14. The first-order valence-corrected chi connectivity index (χ1v) is 7.58. The van der Waals surface area contributed by atoms with Crippen molar-refractivity contribution in [2.75, 3.05) is 5.32 Å². The molecule has 1 unspecified atom stereocenters. The number of anilines is 1. The number of hydrogen-bond acceptors (Lipinski definition) is 2. The molecule has 2 aromatic carbocycles. The molecule has 0 spiro atoms. The Morgan fingerprint density at radius 1 is 1.18 bits per heavy atom. The third kappa shape index (κ3) is 2.42. The highest BCUT2D eigenvalue weighted by molar-refractivity contribution is 6.06. The van der Waals surface area contributed by atoms with Crippen LogP contribution in [0.4, 0.5) is 5.69 Å². The van der Waals surface area contributed by atoms with E-state index in [1.54, 1.807) is 0 Å². The van der Waals surface area contributed by atoms with Crippen LogP contribution in [0, 0.1) is 6.92 Å². The summed E-state index contributed by atoms with van der Waals surface area (Å²) >= 11 is 0. The number of rotatable bonds is 3. The topological polar surface area (TPSA) is 49.3 Å². The molecule has 2 aromatic rings. The lowest BCUT2D eigenvalue weighted by atomic mass is 9.83. The highest BCUT2D eigenvalue weighted by Crippen LogP contribution is 2.42. The van der Waals surface area contributed by atoms with Crippen molar-refractivity contribution in [1.29, 1.82) is 0 Å². The quantitative estimate of drug-likeness (QED) is 0.910. The van der Waals surface area contributed by atoms with E-state index >= 15 is 0 Å². The molecule has 114 valence electrons. The summed E-state index contributed by atoms with van der Waals surface area (Å²) < 4.78 is 0. The lowest BCUT2D eigenvalue weighted by Crippen LogP contribution is -2.26. The number of aryl methyl sites for hydroxylation is 1. The van der Waals surface area contributed by atoms with Crippen molar-refractivity contribution in [3.63, 3.8) is 0 Å². The van der Waals surface area contributed by atoms with E-state index in [2.05, 4.69) is 5.32 Å². The second-order valence-corrected chi connectivity index (χ2v) is 6.56. The Kier molecular flexibility index (Phi) is 3.53. The Morgan fingerprint density at radius 2 is 1.86 bits per heavy atom. The average Bonchev–Trinajstić information content (AvgIpc) is 2.70. The van der Waals surface area contributed by atoms with E-state index in [0.29, 0.717) is 6.42 Å². The molecule has 22 heavy (non-hydrogen) atoms. The number of nitrogens with one attached hydrogen (secondary N) is 1. The summed E-state index contributed by atoms with van der Waals surface area (Å²) in [5, 5.41) is 13.6. The molecule has 3 heteroatoms. The number of fused-ring (bicyclic) bond motifs is 1. The summed E-state index contributed by atoms with van der Waals surface area (Å²) in [6.07, 6.45) is -0.0993. The van der Waals surface area contributed by atoms with E-state index in [0.717, 1.165) is 27.9 Å². The number of hydrogen-bond donors (Lipinski definition) is 2. The number of aliphatic hydroxyl groups is 1. The van der Waals surface area contributed by atoms with Gasteiger partial charge in [0.15, 0.2) is 0 Å². The molecule has 0 saturated carbocycles. The maximum atomic E-state index is 12.2. The molecule has 0 fully saturated rings. The fourth-order valence-corrected chi connectivity index (χ4v) is 3.05. The monoisotopic (exact) mass is 295 g/mol. The van der Waals surface area contributed by atoms with E-state index in [4.69, 9.17) is 0 Å². The molecule has 0 aliphatic carbocycles. The summed E-state index contributed by atoms with van der Waals surface area (Å²) in [6, 6.07) is 13.9. The van der Waals surface area contributed by atoms with Gasteiger partial charge in [0.1, 0.15) is 0 Å². The van der Waals surface area contributed by atoms with Crippen molar-refractivity contribution < 1.29 is 9.90 Å². The molecule has 0 aromatic heterocycles. The van der Waals surface area contributed by atoms with Crippen LogP contribution in [-0.4, -0.2) is 11.0 Å². The second kappa shape index (κ2) is 5.25. The number of benzene rings is 2. The maximum absolute atomic E-state index is 12.2. The molecular weight excluding hydrogens is 274 g/mol. The van der Waals surface area contributed by atoms with Crippen LogP contribution in [0.15, 0.2) is 42.5 Å². The lowest BCUT2D eigenvalue weighted by molar-refractivity contribution is -0.119. The van der Waals surface area contributed by atoms with Gasteiger partial charge in [0.25, 0.3) is 0 Å². The van der Waals surface area contributed by atoms with Crippen LogP contribution >= 0.6 is 0 Å². The number of aliphatic hydroxyl groups excluding tert-OH is 1. The SMILES string of the molecule is Cc1cc(C(O)Cc2ccccc2)c2c(c1)C(C)(C)C(=O)N2. The van der Waals surface area contributed by atoms with Crippen LogP contribution < -0.4 is 5.32 Å². The summed E-state index contributed by atoms with van der Waals surface area (Å²) in [6.45, 7) is 5.83. The molecule has 0 radical (unpaired) electrons. The minimum Gasteiger partial charge on any atom is -0.388 e. The average molecular weight is 295 g/mol. The van der Waals surface area contributed by atoms with Gasteiger partial charge in [-0.2, -0.15) is 0 Å². The molecule has 0 bridgehead atoms. The van der Waals surface area contributed by atoms with Crippen molar-refractivity contribution >= 4 is 11.6 Å².